The van der Waals surface area contributed by atoms with Crippen LogP contribution in [0.4, 0.5) is 0 Å². The fourth-order valence-electron chi connectivity index (χ4n) is 1.47. The Morgan fingerprint density at radius 2 is 2.00 bits per heavy atom. The zero-order valence-corrected chi connectivity index (χ0v) is 9.54. The molecule has 0 fully saturated rings. The number of amides is 1. The second-order valence-corrected chi connectivity index (χ2v) is 3.72. The minimum atomic E-state index is -0.377. The molecule has 0 aliphatic heterocycles. The number of nitrogens with zero attached hydrogens (tertiary/aromatic N) is 2. The van der Waals surface area contributed by atoms with E-state index in [4.69, 9.17) is 5.84 Å². The minimum Gasteiger partial charge on any atom is -0.348 e. The van der Waals surface area contributed by atoms with Gasteiger partial charge in [0.05, 0.1) is 17.8 Å². The number of hydrogen-bond acceptors (Lipinski definition) is 4. The SMILES string of the molecule is NNC(=O)c1ccc(Cn2ccc(=O)cc2)nc1. The molecule has 0 aromatic carbocycles. The van der Waals surface area contributed by atoms with E-state index >= 15 is 0 Å². The Bertz CT molecular complexity index is 584. The lowest BCUT2D eigenvalue weighted by Gasteiger charge is -2.05. The van der Waals surface area contributed by atoms with Gasteiger partial charge in [-0.05, 0) is 12.1 Å². The molecular weight excluding hydrogens is 232 g/mol. The van der Waals surface area contributed by atoms with Gasteiger partial charge >= 0.3 is 0 Å². The largest absolute Gasteiger partial charge is 0.348 e. The van der Waals surface area contributed by atoms with Crippen molar-refractivity contribution in [2.75, 3.05) is 0 Å². The highest BCUT2D eigenvalue weighted by Gasteiger charge is 2.03. The number of hydrazine groups is 1. The molecule has 92 valence electrons. The van der Waals surface area contributed by atoms with E-state index in [9.17, 15) is 9.59 Å². The summed E-state index contributed by atoms with van der Waals surface area (Å²) in [5.41, 5.74) is 3.19. The number of pyridine rings is 2. The molecular formula is C12H12N4O2. The first-order valence-electron chi connectivity index (χ1n) is 5.31. The molecule has 2 heterocycles. The predicted octanol–water partition coefficient (Wildman–Crippen LogP) is -0.105. The van der Waals surface area contributed by atoms with E-state index in [-0.39, 0.29) is 11.3 Å². The highest BCUT2D eigenvalue weighted by atomic mass is 16.2. The average Bonchev–Trinajstić information content (AvgIpc) is 2.41. The fraction of sp³-hybridized carbons (Fsp3) is 0.0833. The Hall–Kier alpha value is -2.47. The van der Waals surface area contributed by atoms with Gasteiger partial charge in [-0.15, -0.1) is 0 Å². The van der Waals surface area contributed by atoms with E-state index < -0.39 is 0 Å². The van der Waals surface area contributed by atoms with Gasteiger partial charge in [-0.1, -0.05) is 0 Å². The fourth-order valence-corrected chi connectivity index (χ4v) is 1.47. The van der Waals surface area contributed by atoms with Crippen LogP contribution in [-0.4, -0.2) is 15.5 Å². The van der Waals surface area contributed by atoms with Crippen molar-refractivity contribution in [2.24, 2.45) is 5.84 Å². The maximum absolute atomic E-state index is 11.2. The van der Waals surface area contributed by atoms with Crippen LogP contribution >= 0.6 is 0 Å². The van der Waals surface area contributed by atoms with Crippen LogP contribution in [0.2, 0.25) is 0 Å². The summed E-state index contributed by atoms with van der Waals surface area (Å²) in [5, 5.41) is 0. The maximum atomic E-state index is 11.2. The molecule has 0 spiro atoms. The van der Waals surface area contributed by atoms with Crippen LogP contribution in [0, 0.1) is 0 Å². The molecule has 0 saturated heterocycles. The number of nitrogens with one attached hydrogen (secondary N) is 1. The lowest BCUT2D eigenvalue weighted by molar-refractivity contribution is 0.0953. The summed E-state index contributed by atoms with van der Waals surface area (Å²) in [7, 11) is 0. The molecule has 2 aromatic heterocycles. The summed E-state index contributed by atoms with van der Waals surface area (Å²) < 4.78 is 1.83. The van der Waals surface area contributed by atoms with E-state index in [0.29, 0.717) is 12.1 Å². The minimum absolute atomic E-state index is 0.0332. The van der Waals surface area contributed by atoms with Gasteiger partial charge < -0.3 is 4.57 Å². The van der Waals surface area contributed by atoms with Crippen molar-refractivity contribution in [1.29, 1.82) is 0 Å². The van der Waals surface area contributed by atoms with Crippen molar-refractivity contribution in [1.82, 2.24) is 15.0 Å². The van der Waals surface area contributed by atoms with E-state index in [1.54, 1.807) is 24.5 Å². The first-order chi connectivity index (χ1) is 8.69. The summed E-state index contributed by atoms with van der Waals surface area (Å²) in [5.74, 6) is 4.64. The molecule has 0 radical (unpaired) electrons. The van der Waals surface area contributed by atoms with Crippen molar-refractivity contribution in [3.8, 4) is 0 Å². The van der Waals surface area contributed by atoms with Gasteiger partial charge in [0, 0.05) is 30.7 Å². The molecule has 0 bridgehead atoms. The maximum Gasteiger partial charge on any atom is 0.266 e. The van der Waals surface area contributed by atoms with Crippen molar-refractivity contribution in [3.05, 3.63) is 64.3 Å². The monoisotopic (exact) mass is 244 g/mol. The van der Waals surface area contributed by atoms with Crippen molar-refractivity contribution in [3.63, 3.8) is 0 Å². The molecule has 0 unspecified atom stereocenters. The Kier molecular flexibility index (Phi) is 3.49. The summed E-state index contributed by atoms with van der Waals surface area (Å²) >= 11 is 0. The van der Waals surface area contributed by atoms with Crippen molar-refractivity contribution in [2.45, 2.75) is 6.54 Å². The highest BCUT2D eigenvalue weighted by molar-refractivity contribution is 5.93. The Labute approximate surface area is 103 Å². The van der Waals surface area contributed by atoms with E-state index in [2.05, 4.69) is 4.98 Å². The predicted molar refractivity (Wildman–Crippen MR) is 65.7 cm³/mol. The molecule has 0 aliphatic rings. The standard InChI is InChI=1S/C12H12N4O2/c13-15-12(18)9-1-2-10(14-7-9)8-16-5-3-11(17)4-6-16/h1-7H,8,13H2,(H,15,18). The number of carbonyl (C=O) groups is 1. The number of nitrogens with two attached hydrogens (primary N) is 1. The first kappa shape index (κ1) is 12.0. The van der Waals surface area contributed by atoms with E-state index in [1.165, 1.54) is 18.3 Å². The zero-order valence-electron chi connectivity index (χ0n) is 9.54. The smallest absolute Gasteiger partial charge is 0.266 e. The Balaban J connectivity index is 2.13. The summed E-state index contributed by atoms with van der Waals surface area (Å²) in [6.45, 7) is 0.533. The van der Waals surface area contributed by atoms with Gasteiger partial charge in [-0.2, -0.15) is 0 Å². The molecule has 2 rings (SSSR count). The van der Waals surface area contributed by atoms with Gasteiger partial charge in [0.15, 0.2) is 5.43 Å². The van der Waals surface area contributed by atoms with E-state index in [1.807, 2.05) is 9.99 Å². The molecule has 3 N–H and O–H groups in total. The molecule has 18 heavy (non-hydrogen) atoms. The van der Waals surface area contributed by atoms with Crippen LogP contribution in [-0.2, 0) is 6.54 Å². The number of carbonyl (C=O) groups excluding carboxylic acids is 1. The normalized spacial score (nSPS) is 10.1. The lowest BCUT2D eigenvalue weighted by atomic mass is 10.2. The van der Waals surface area contributed by atoms with Gasteiger partial charge in [0.2, 0.25) is 0 Å². The third-order valence-corrected chi connectivity index (χ3v) is 2.42. The molecule has 0 aliphatic carbocycles. The third-order valence-electron chi connectivity index (χ3n) is 2.42. The lowest BCUT2D eigenvalue weighted by Crippen LogP contribution is -2.30. The molecule has 0 atom stereocenters. The summed E-state index contributed by atoms with van der Waals surface area (Å²) in [6.07, 6.45) is 4.83. The third kappa shape index (κ3) is 2.80. The number of aromatic nitrogens is 2. The molecule has 6 nitrogen and oxygen atoms in total. The van der Waals surface area contributed by atoms with Gasteiger partial charge in [-0.3, -0.25) is 20.0 Å². The second-order valence-electron chi connectivity index (χ2n) is 3.72. The Morgan fingerprint density at radius 3 is 2.56 bits per heavy atom. The quantitative estimate of drug-likeness (QED) is 0.448. The molecule has 0 saturated carbocycles. The number of rotatable bonds is 3. The Morgan fingerprint density at radius 1 is 1.28 bits per heavy atom. The van der Waals surface area contributed by atoms with Crippen molar-refractivity contribution >= 4 is 5.91 Å². The van der Waals surface area contributed by atoms with Crippen LogP contribution in [0.1, 0.15) is 16.1 Å². The molecule has 2 aromatic rings. The van der Waals surface area contributed by atoms with Gasteiger partial charge in [-0.25, -0.2) is 5.84 Å². The average molecular weight is 244 g/mol. The van der Waals surface area contributed by atoms with Crippen LogP contribution in [0.5, 0.6) is 0 Å². The van der Waals surface area contributed by atoms with Crippen LogP contribution in [0.25, 0.3) is 0 Å². The topological polar surface area (TPSA) is 90.0 Å². The van der Waals surface area contributed by atoms with Crippen LogP contribution < -0.4 is 16.7 Å². The van der Waals surface area contributed by atoms with Crippen LogP contribution in [0.3, 0.4) is 0 Å². The van der Waals surface area contributed by atoms with Crippen molar-refractivity contribution < 1.29 is 4.79 Å². The number of nitrogen functional groups attached to an aromatic ring is 1. The summed E-state index contributed by atoms with van der Waals surface area (Å²) in [4.78, 5) is 26.3. The zero-order chi connectivity index (χ0) is 13.0. The first-order valence-corrected chi connectivity index (χ1v) is 5.31. The molecule has 6 heteroatoms. The van der Waals surface area contributed by atoms with Crippen LogP contribution in [0.15, 0.2) is 47.7 Å². The van der Waals surface area contributed by atoms with E-state index in [0.717, 1.165) is 5.69 Å². The van der Waals surface area contributed by atoms with Gasteiger partial charge in [0.25, 0.3) is 5.91 Å². The number of hydrogen-bond donors (Lipinski definition) is 2. The second kappa shape index (κ2) is 5.24. The highest BCUT2D eigenvalue weighted by Crippen LogP contribution is 2.02. The molecule has 1 amide bonds. The van der Waals surface area contributed by atoms with Gasteiger partial charge in [0.1, 0.15) is 0 Å². The summed E-state index contributed by atoms with van der Waals surface area (Å²) in [6, 6.07) is 6.35.